The number of nitrogen functional groups attached to an aromatic ring is 1. The monoisotopic (exact) mass is 246 g/mol. The fourth-order valence-corrected chi connectivity index (χ4v) is 0.897. The molecule has 0 fully saturated rings. The highest BCUT2D eigenvalue weighted by Crippen LogP contribution is 2.16. The van der Waals surface area contributed by atoms with Gasteiger partial charge in [0.2, 0.25) is 0 Å². The van der Waals surface area contributed by atoms with Gasteiger partial charge in [-0.1, -0.05) is 7.43 Å². The average molecular weight is 247 g/mol. The maximum absolute atomic E-state index is 10.9. The fourth-order valence-electron chi connectivity index (χ4n) is 0.676. The second-order valence-corrected chi connectivity index (χ2v) is 2.91. The zero-order valence-corrected chi connectivity index (χ0v) is 7.96. The van der Waals surface area contributed by atoms with Crippen molar-refractivity contribution in [2.45, 2.75) is 7.43 Å². The maximum Gasteiger partial charge on any atom is 0.356 e. The van der Waals surface area contributed by atoms with Gasteiger partial charge < -0.3 is 10.5 Å². The van der Waals surface area contributed by atoms with E-state index in [-0.39, 0.29) is 18.9 Å². The lowest BCUT2D eigenvalue weighted by Crippen LogP contribution is -2.05. The molecule has 0 aliphatic carbocycles. The van der Waals surface area contributed by atoms with Gasteiger partial charge in [-0.15, -0.1) is 0 Å². The minimum Gasteiger partial charge on any atom is -0.464 e. The van der Waals surface area contributed by atoms with Gasteiger partial charge in [0.05, 0.1) is 11.6 Å². The first kappa shape index (κ1) is 11.9. The molecule has 0 aliphatic rings. The Morgan fingerprint density at radius 1 is 1.62 bits per heavy atom. The van der Waals surface area contributed by atoms with E-state index in [0.717, 1.165) is 0 Å². The highest BCUT2D eigenvalue weighted by molar-refractivity contribution is 9.10. The summed E-state index contributed by atoms with van der Waals surface area (Å²) in [4.78, 5) is 14.7. The number of carbonyl (C=O) groups excluding carboxylic acids is 1. The molecule has 72 valence electrons. The summed E-state index contributed by atoms with van der Waals surface area (Å²) >= 11 is 3.16. The van der Waals surface area contributed by atoms with Crippen LogP contribution in [0.2, 0.25) is 0 Å². The molecule has 0 aliphatic heterocycles. The molecule has 0 saturated carbocycles. The molecule has 0 amide bonds. The topological polar surface area (TPSA) is 65.2 Å². The number of ether oxygens (including phenoxy) is 1. The Kier molecular flexibility index (Phi) is 4.40. The second-order valence-electron chi connectivity index (χ2n) is 2.06. The van der Waals surface area contributed by atoms with Crippen molar-refractivity contribution in [3.63, 3.8) is 0 Å². The summed E-state index contributed by atoms with van der Waals surface area (Å²) in [6.07, 6.45) is 0. The van der Waals surface area contributed by atoms with Gasteiger partial charge in [-0.05, 0) is 28.1 Å². The minimum atomic E-state index is -0.491. The first-order valence-electron chi connectivity index (χ1n) is 3.15. The van der Waals surface area contributed by atoms with Crippen molar-refractivity contribution in [2.24, 2.45) is 0 Å². The Morgan fingerprint density at radius 2 is 2.23 bits per heavy atom. The number of methoxy groups -OCH3 is 1. The summed E-state index contributed by atoms with van der Waals surface area (Å²) in [6, 6.07) is 3.18. The SMILES string of the molecule is C.COC(=O)c1ccc(Br)c(N)n1. The normalized spacial score (nSPS) is 8.77. The average Bonchev–Trinajstić information content (AvgIpc) is 2.08. The number of nitrogens with two attached hydrogens (primary N) is 1. The third-order valence-corrected chi connectivity index (χ3v) is 1.94. The molecule has 5 heteroatoms. The Labute approximate surface area is 85.2 Å². The molecule has 0 bridgehead atoms. The molecule has 0 aromatic carbocycles. The minimum absolute atomic E-state index is 0. The van der Waals surface area contributed by atoms with Crippen molar-refractivity contribution >= 4 is 27.7 Å². The van der Waals surface area contributed by atoms with E-state index in [9.17, 15) is 4.79 Å². The third kappa shape index (κ3) is 2.69. The van der Waals surface area contributed by atoms with Gasteiger partial charge in [0, 0.05) is 0 Å². The van der Waals surface area contributed by atoms with Crippen LogP contribution in [-0.2, 0) is 4.74 Å². The smallest absolute Gasteiger partial charge is 0.356 e. The van der Waals surface area contributed by atoms with E-state index in [2.05, 4.69) is 25.7 Å². The Balaban J connectivity index is 0.00000144. The van der Waals surface area contributed by atoms with Crippen molar-refractivity contribution in [3.05, 3.63) is 22.3 Å². The molecule has 13 heavy (non-hydrogen) atoms. The van der Waals surface area contributed by atoms with Crippen LogP contribution in [0.15, 0.2) is 16.6 Å². The lowest BCUT2D eigenvalue weighted by Gasteiger charge is -2.00. The first-order chi connectivity index (χ1) is 5.65. The molecule has 4 nitrogen and oxygen atoms in total. The summed E-state index contributed by atoms with van der Waals surface area (Å²) in [5.74, 6) is -0.216. The predicted octanol–water partition coefficient (Wildman–Crippen LogP) is 1.85. The van der Waals surface area contributed by atoms with E-state index in [1.54, 1.807) is 6.07 Å². The number of rotatable bonds is 1. The molecule has 1 heterocycles. The lowest BCUT2D eigenvalue weighted by molar-refractivity contribution is 0.0594. The largest absolute Gasteiger partial charge is 0.464 e. The number of anilines is 1. The van der Waals surface area contributed by atoms with Gasteiger partial charge in [-0.3, -0.25) is 0 Å². The molecular weight excluding hydrogens is 236 g/mol. The molecular formula is C8H11BrN2O2. The molecule has 1 aromatic rings. The summed E-state index contributed by atoms with van der Waals surface area (Å²) < 4.78 is 5.12. The summed E-state index contributed by atoms with van der Waals surface area (Å²) in [5.41, 5.74) is 5.65. The number of esters is 1. The van der Waals surface area contributed by atoms with Crippen LogP contribution in [0, 0.1) is 0 Å². The fraction of sp³-hybridized carbons (Fsp3) is 0.250. The zero-order valence-electron chi connectivity index (χ0n) is 6.37. The van der Waals surface area contributed by atoms with Crippen molar-refractivity contribution < 1.29 is 9.53 Å². The van der Waals surface area contributed by atoms with E-state index in [1.165, 1.54) is 13.2 Å². The van der Waals surface area contributed by atoms with Gasteiger partial charge in [-0.25, -0.2) is 9.78 Å². The maximum atomic E-state index is 10.9. The summed E-state index contributed by atoms with van der Waals surface area (Å²) in [5, 5.41) is 0. The van der Waals surface area contributed by atoms with Crippen LogP contribution < -0.4 is 5.73 Å². The van der Waals surface area contributed by atoms with Gasteiger partial charge >= 0.3 is 5.97 Å². The van der Waals surface area contributed by atoms with Gasteiger partial charge in [-0.2, -0.15) is 0 Å². The predicted molar refractivity (Wildman–Crippen MR) is 54.4 cm³/mol. The molecule has 0 saturated heterocycles. The van der Waals surface area contributed by atoms with Crippen molar-refractivity contribution in [3.8, 4) is 0 Å². The first-order valence-corrected chi connectivity index (χ1v) is 3.95. The van der Waals surface area contributed by atoms with E-state index in [1.807, 2.05) is 0 Å². The number of pyridine rings is 1. The van der Waals surface area contributed by atoms with Crippen LogP contribution >= 0.6 is 15.9 Å². The number of carbonyl (C=O) groups is 1. The Bertz CT molecular complexity index is 315. The van der Waals surface area contributed by atoms with Crippen molar-refractivity contribution in [2.75, 3.05) is 12.8 Å². The summed E-state index contributed by atoms with van der Waals surface area (Å²) in [6.45, 7) is 0. The van der Waals surface area contributed by atoms with E-state index in [4.69, 9.17) is 5.73 Å². The Morgan fingerprint density at radius 3 is 2.69 bits per heavy atom. The van der Waals surface area contributed by atoms with Gasteiger partial charge in [0.15, 0.2) is 5.69 Å². The quantitative estimate of drug-likeness (QED) is 0.769. The van der Waals surface area contributed by atoms with Crippen LogP contribution in [0.25, 0.3) is 0 Å². The molecule has 1 rings (SSSR count). The molecule has 0 unspecified atom stereocenters. The highest BCUT2D eigenvalue weighted by atomic mass is 79.9. The van der Waals surface area contributed by atoms with Crippen molar-refractivity contribution in [1.29, 1.82) is 0 Å². The van der Waals surface area contributed by atoms with Crippen LogP contribution in [-0.4, -0.2) is 18.1 Å². The van der Waals surface area contributed by atoms with Crippen LogP contribution in [0.5, 0.6) is 0 Å². The van der Waals surface area contributed by atoms with Crippen LogP contribution in [0.3, 0.4) is 0 Å². The molecule has 0 atom stereocenters. The van der Waals surface area contributed by atoms with Crippen LogP contribution in [0.4, 0.5) is 5.82 Å². The van der Waals surface area contributed by atoms with Crippen LogP contribution in [0.1, 0.15) is 17.9 Å². The standard InChI is InChI=1S/C7H7BrN2O2.CH4/c1-12-7(11)5-3-2-4(8)6(9)10-5;/h2-3H,1H3,(H2,9,10);1H4. The number of hydrogen-bond donors (Lipinski definition) is 1. The van der Waals surface area contributed by atoms with Gasteiger partial charge in [0.25, 0.3) is 0 Å². The third-order valence-electron chi connectivity index (χ3n) is 1.27. The Hall–Kier alpha value is -1.10. The molecule has 0 radical (unpaired) electrons. The highest BCUT2D eigenvalue weighted by Gasteiger charge is 2.07. The van der Waals surface area contributed by atoms with Gasteiger partial charge in [0.1, 0.15) is 5.82 Å². The number of aromatic nitrogens is 1. The second kappa shape index (κ2) is 4.81. The summed E-state index contributed by atoms with van der Waals surface area (Å²) in [7, 11) is 1.29. The van der Waals surface area contributed by atoms with Crippen molar-refractivity contribution in [1.82, 2.24) is 4.98 Å². The molecule has 2 N–H and O–H groups in total. The zero-order chi connectivity index (χ0) is 9.14. The lowest BCUT2D eigenvalue weighted by atomic mass is 10.3. The molecule has 1 aromatic heterocycles. The molecule has 0 spiro atoms. The number of halogens is 1. The number of nitrogens with zero attached hydrogens (tertiary/aromatic N) is 1. The van der Waals surface area contributed by atoms with E-state index < -0.39 is 5.97 Å². The number of hydrogen-bond acceptors (Lipinski definition) is 4. The van der Waals surface area contributed by atoms with E-state index in [0.29, 0.717) is 4.47 Å². The van der Waals surface area contributed by atoms with E-state index >= 15 is 0 Å².